The lowest BCUT2D eigenvalue weighted by Crippen LogP contribution is -2.43. The van der Waals surface area contributed by atoms with E-state index in [1.807, 2.05) is 0 Å². The van der Waals surface area contributed by atoms with Crippen molar-refractivity contribution >= 4 is 25.7 Å². The van der Waals surface area contributed by atoms with Gasteiger partial charge >= 0.3 is 19.8 Å². The van der Waals surface area contributed by atoms with Crippen molar-refractivity contribution in [1.82, 2.24) is 5.32 Å². The summed E-state index contributed by atoms with van der Waals surface area (Å²) in [7, 11) is -4.75. The minimum absolute atomic E-state index is 0.132. The lowest BCUT2D eigenvalue weighted by Gasteiger charge is -2.18. The second kappa shape index (κ2) is 34.5. The smallest absolute Gasteiger partial charge is 0.472 e. The number of ether oxygens (including phenoxy) is 1. The molecule has 0 saturated heterocycles. The molecule has 12 heteroatoms. The van der Waals surface area contributed by atoms with Crippen molar-refractivity contribution in [3.8, 4) is 0 Å². The number of aliphatic hydroxyl groups excluding tert-OH is 1. The van der Waals surface area contributed by atoms with Gasteiger partial charge in [-0.3, -0.25) is 18.6 Å². The summed E-state index contributed by atoms with van der Waals surface area (Å²) in [5.74, 6) is -2.41. The van der Waals surface area contributed by atoms with Gasteiger partial charge in [0.2, 0.25) is 5.91 Å². The average molecular weight is 742 g/mol. The van der Waals surface area contributed by atoms with Gasteiger partial charge in [-0.2, -0.15) is 0 Å². The number of aliphatic carboxylic acids is 1. The largest absolute Gasteiger partial charge is 0.480 e. The minimum Gasteiger partial charge on any atom is -0.480 e. The molecule has 0 fully saturated rings. The molecular formula is C39H68NO10P. The molecule has 0 aliphatic rings. The first-order valence-electron chi connectivity index (χ1n) is 19.2. The maximum Gasteiger partial charge on any atom is 0.472 e. The highest BCUT2D eigenvalue weighted by Gasteiger charge is 2.28. The van der Waals surface area contributed by atoms with E-state index in [4.69, 9.17) is 13.8 Å². The summed E-state index contributed by atoms with van der Waals surface area (Å²) < 4.78 is 26.7. The normalized spacial score (nSPS) is 14.4. The first-order chi connectivity index (χ1) is 24.6. The molecule has 0 saturated carbocycles. The van der Waals surface area contributed by atoms with Crippen molar-refractivity contribution < 1.29 is 47.8 Å². The van der Waals surface area contributed by atoms with Crippen molar-refractivity contribution in [2.45, 2.75) is 161 Å². The predicted octanol–water partition coefficient (Wildman–Crippen LogP) is 9.05. The van der Waals surface area contributed by atoms with E-state index in [-0.39, 0.29) is 12.8 Å². The Hall–Kier alpha value is -2.56. The molecule has 3 atom stereocenters. The summed E-state index contributed by atoms with van der Waals surface area (Å²) in [6, 6.07) is -1.55. The zero-order chi connectivity index (χ0) is 37.8. The molecule has 0 aromatic carbocycles. The second-order valence-electron chi connectivity index (χ2n) is 12.7. The summed E-state index contributed by atoms with van der Waals surface area (Å²) in [4.78, 5) is 45.6. The Morgan fingerprint density at radius 3 is 1.73 bits per heavy atom. The molecule has 1 amide bonds. The molecule has 0 spiro atoms. The SMILES string of the molecule is CC/C=C\C/C=C\C/C=C\CCCCCCCCCC(=O)OCC(O)COP(=O)(O)OCC(NC(=O)CCCCCCC/C=C\CCC)C(=O)O. The van der Waals surface area contributed by atoms with Gasteiger partial charge in [0.1, 0.15) is 12.7 Å². The van der Waals surface area contributed by atoms with Crippen LogP contribution in [-0.2, 0) is 32.7 Å². The first-order valence-corrected chi connectivity index (χ1v) is 20.7. The van der Waals surface area contributed by atoms with Gasteiger partial charge in [0.15, 0.2) is 6.04 Å². The van der Waals surface area contributed by atoms with Crippen LogP contribution in [0.3, 0.4) is 0 Å². The van der Waals surface area contributed by atoms with E-state index in [9.17, 15) is 34.1 Å². The molecule has 0 aliphatic heterocycles. The molecule has 11 nitrogen and oxygen atoms in total. The van der Waals surface area contributed by atoms with Crippen LogP contribution in [0.1, 0.15) is 149 Å². The van der Waals surface area contributed by atoms with Gasteiger partial charge in [0, 0.05) is 12.8 Å². The second-order valence-corrected chi connectivity index (χ2v) is 14.2. The molecular weight excluding hydrogens is 673 g/mol. The monoisotopic (exact) mass is 741 g/mol. The molecule has 0 aromatic heterocycles. The Morgan fingerprint density at radius 1 is 0.647 bits per heavy atom. The van der Waals surface area contributed by atoms with Gasteiger partial charge in [-0.15, -0.1) is 0 Å². The van der Waals surface area contributed by atoms with E-state index in [1.54, 1.807) is 0 Å². The lowest BCUT2D eigenvalue weighted by molar-refractivity contribution is -0.147. The predicted molar refractivity (Wildman–Crippen MR) is 203 cm³/mol. The van der Waals surface area contributed by atoms with Gasteiger partial charge in [0.05, 0.1) is 13.2 Å². The van der Waals surface area contributed by atoms with Gasteiger partial charge in [0.25, 0.3) is 0 Å². The highest BCUT2D eigenvalue weighted by atomic mass is 31.2. The number of hydrogen-bond donors (Lipinski definition) is 4. The van der Waals surface area contributed by atoms with Crippen molar-refractivity contribution in [1.29, 1.82) is 0 Å². The lowest BCUT2D eigenvalue weighted by atomic mass is 10.1. The number of carboxylic acid groups (broad SMARTS) is 1. The topological polar surface area (TPSA) is 169 Å². The Balaban J connectivity index is 3.95. The van der Waals surface area contributed by atoms with E-state index in [0.29, 0.717) is 12.8 Å². The number of amides is 1. The zero-order valence-electron chi connectivity index (χ0n) is 31.4. The number of carbonyl (C=O) groups is 3. The van der Waals surface area contributed by atoms with Gasteiger partial charge in [-0.25, -0.2) is 9.36 Å². The number of rotatable bonds is 35. The minimum atomic E-state index is -4.75. The van der Waals surface area contributed by atoms with Crippen LogP contribution in [0.4, 0.5) is 0 Å². The summed E-state index contributed by atoms with van der Waals surface area (Å²) in [5, 5.41) is 21.7. The number of allylic oxidation sites excluding steroid dienone is 8. The third-order valence-corrected chi connectivity index (χ3v) is 8.78. The fourth-order valence-corrected chi connectivity index (χ4v) is 5.63. The molecule has 3 unspecified atom stereocenters. The van der Waals surface area contributed by atoms with Gasteiger partial charge in [-0.05, 0) is 64.2 Å². The molecule has 51 heavy (non-hydrogen) atoms. The highest BCUT2D eigenvalue weighted by Crippen LogP contribution is 2.43. The maximum absolute atomic E-state index is 12.2. The van der Waals surface area contributed by atoms with Gasteiger partial charge in [-0.1, -0.05) is 120 Å². The number of phosphoric ester groups is 1. The zero-order valence-corrected chi connectivity index (χ0v) is 32.3. The van der Waals surface area contributed by atoms with Crippen LogP contribution >= 0.6 is 7.82 Å². The Bertz CT molecular complexity index is 1060. The van der Waals surface area contributed by atoms with Crippen LogP contribution in [0.2, 0.25) is 0 Å². The van der Waals surface area contributed by atoms with Crippen molar-refractivity contribution in [2.24, 2.45) is 0 Å². The summed E-state index contributed by atoms with van der Waals surface area (Å²) in [6.07, 6.45) is 35.8. The molecule has 0 bridgehead atoms. The van der Waals surface area contributed by atoms with E-state index >= 15 is 0 Å². The van der Waals surface area contributed by atoms with E-state index in [0.717, 1.165) is 96.3 Å². The molecule has 4 N–H and O–H groups in total. The first kappa shape index (κ1) is 48.4. The van der Waals surface area contributed by atoms with Gasteiger partial charge < -0.3 is 25.2 Å². The number of carbonyl (C=O) groups excluding carboxylic acids is 2. The fourth-order valence-electron chi connectivity index (χ4n) is 4.86. The summed E-state index contributed by atoms with van der Waals surface area (Å²) in [6.45, 7) is 2.36. The van der Waals surface area contributed by atoms with E-state index in [2.05, 4.69) is 67.8 Å². The fraction of sp³-hybridized carbons (Fsp3) is 0.718. The van der Waals surface area contributed by atoms with E-state index in [1.165, 1.54) is 12.8 Å². The Morgan fingerprint density at radius 2 is 1.14 bits per heavy atom. The van der Waals surface area contributed by atoms with Crippen LogP contribution in [0, 0.1) is 0 Å². The van der Waals surface area contributed by atoms with Crippen LogP contribution < -0.4 is 5.32 Å². The number of hydrogen-bond acceptors (Lipinski definition) is 8. The van der Waals surface area contributed by atoms with E-state index < -0.39 is 57.6 Å². The molecule has 0 heterocycles. The average Bonchev–Trinajstić information content (AvgIpc) is 3.10. The van der Waals surface area contributed by atoms with Crippen LogP contribution in [0.25, 0.3) is 0 Å². The standard InChI is InChI=1S/C39H68NO10P/c1-3-5-7-9-11-13-15-16-17-18-19-20-21-23-25-27-29-31-38(43)48-32-35(41)33-49-51(46,47)50-34-36(39(44)45)40-37(42)30-28-26-24-22-14-12-10-8-6-4-2/h5,7-8,10-11,13,16-17,35-36,41H,3-4,6,9,12,14-15,18-34H2,1-2H3,(H,40,42)(H,44,45)(H,46,47)/b7-5-,10-8-,13-11-,17-16-. The Labute approximate surface area is 307 Å². The summed E-state index contributed by atoms with van der Waals surface area (Å²) >= 11 is 0. The molecule has 0 aromatic rings. The molecule has 0 rings (SSSR count). The number of unbranched alkanes of at least 4 members (excludes halogenated alkanes) is 13. The number of nitrogens with one attached hydrogen (secondary N) is 1. The van der Waals surface area contributed by atoms with Crippen molar-refractivity contribution in [2.75, 3.05) is 19.8 Å². The third-order valence-electron chi connectivity index (χ3n) is 7.83. The third kappa shape index (κ3) is 34.3. The van der Waals surface area contributed by atoms with Crippen LogP contribution in [0.15, 0.2) is 48.6 Å². The quantitative estimate of drug-likeness (QED) is 0.0213. The van der Waals surface area contributed by atoms with Crippen LogP contribution in [0.5, 0.6) is 0 Å². The number of aliphatic hydroxyl groups is 1. The highest BCUT2D eigenvalue weighted by molar-refractivity contribution is 7.47. The molecule has 294 valence electrons. The Kier molecular flexibility index (Phi) is 32.8. The van der Waals surface area contributed by atoms with Crippen molar-refractivity contribution in [3.05, 3.63) is 48.6 Å². The molecule has 0 aliphatic carbocycles. The van der Waals surface area contributed by atoms with Crippen LogP contribution in [-0.4, -0.2) is 64.9 Å². The number of carboxylic acids is 1. The number of phosphoric acid groups is 1. The van der Waals surface area contributed by atoms with Crippen molar-refractivity contribution in [3.63, 3.8) is 0 Å². The maximum atomic E-state index is 12.2. The molecule has 0 radical (unpaired) electrons. The summed E-state index contributed by atoms with van der Waals surface area (Å²) in [5.41, 5.74) is 0. The number of esters is 1.